The molecule has 0 aliphatic carbocycles. The third kappa shape index (κ3) is 2.88. The predicted octanol–water partition coefficient (Wildman–Crippen LogP) is 2.47. The van der Waals surface area contributed by atoms with Crippen LogP contribution in [0.3, 0.4) is 0 Å². The molecule has 0 bridgehead atoms. The van der Waals surface area contributed by atoms with E-state index in [0.29, 0.717) is 21.4 Å². The second-order valence-electron chi connectivity index (χ2n) is 3.35. The average Bonchev–Trinajstić information content (AvgIpc) is 2.60. The van der Waals surface area contributed by atoms with E-state index >= 15 is 0 Å². The minimum Gasteiger partial charge on any atom is -0.480 e. The molecule has 2 rings (SSSR count). The molecule has 0 spiro atoms. The summed E-state index contributed by atoms with van der Waals surface area (Å²) in [5.74, 6) is -0.494. The Morgan fingerprint density at radius 3 is 2.82 bits per heavy atom. The standard InChI is InChI=1S/C10H8Cl2N2O3/c11-5-1-7-8(2-6(5)12)14-9(13-7)3-17-4-10(15)16/h1-2H,3-4H2,(H,13,14)(H,15,16). The molecular formula is C10H8Cl2N2O3. The molecule has 2 aromatic rings. The summed E-state index contributed by atoms with van der Waals surface area (Å²) in [5.41, 5.74) is 1.39. The molecule has 90 valence electrons. The Morgan fingerprint density at radius 1 is 1.41 bits per heavy atom. The molecule has 1 heterocycles. The molecule has 17 heavy (non-hydrogen) atoms. The Labute approximate surface area is 106 Å². The van der Waals surface area contributed by atoms with E-state index in [4.69, 9.17) is 33.0 Å². The number of nitrogens with one attached hydrogen (secondary N) is 1. The molecule has 0 radical (unpaired) electrons. The van der Waals surface area contributed by atoms with Crippen LogP contribution < -0.4 is 0 Å². The maximum absolute atomic E-state index is 10.3. The molecule has 0 saturated heterocycles. The Balaban J connectivity index is 2.17. The lowest BCUT2D eigenvalue weighted by molar-refractivity contribution is -0.142. The number of H-pyrrole nitrogens is 1. The van der Waals surface area contributed by atoms with Crippen molar-refractivity contribution in [3.63, 3.8) is 0 Å². The number of carboxylic acids is 1. The summed E-state index contributed by atoms with van der Waals surface area (Å²) in [4.78, 5) is 17.4. The van der Waals surface area contributed by atoms with Crippen molar-refractivity contribution < 1.29 is 14.6 Å². The highest BCUT2D eigenvalue weighted by atomic mass is 35.5. The van der Waals surface area contributed by atoms with Gasteiger partial charge in [0.15, 0.2) is 0 Å². The maximum Gasteiger partial charge on any atom is 0.329 e. The molecule has 0 aliphatic rings. The summed E-state index contributed by atoms with van der Waals surface area (Å²) < 4.78 is 4.91. The number of carbonyl (C=O) groups is 1. The van der Waals surface area contributed by atoms with Crippen LogP contribution in [0.1, 0.15) is 5.82 Å². The first kappa shape index (κ1) is 12.2. The normalized spacial score (nSPS) is 10.9. The number of fused-ring (bicyclic) bond motifs is 1. The number of hydrogen-bond donors (Lipinski definition) is 2. The Kier molecular flexibility index (Phi) is 3.51. The molecule has 1 aromatic heterocycles. The van der Waals surface area contributed by atoms with Crippen molar-refractivity contribution in [2.75, 3.05) is 6.61 Å². The monoisotopic (exact) mass is 274 g/mol. The second kappa shape index (κ2) is 4.91. The van der Waals surface area contributed by atoms with Crippen LogP contribution in [-0.4, -0.2) is 27.7 Å². The number of carboxylic acid groups (broad SMARTS) is 1. The summed E-state index contributed by atoms with van der Waals surface area (Å²) in [6.07, 6.45) is 0. The molecule has 0 aliphatic heterocycles. The van der Waals surface area contributed by atoms with Crippen molar-refractivity contribution in [2.45, 2.75) is 6.61 Å². The minimum absolute atomic E-state index is 0.0935. The zero-order valence-corrected chi connectivity index (χ0v) is 10.0. The lowest BCUT2D eigenvalue weighted by Gasteiger charge is -1.96. The Morgan fingerprint density at radius 2 is 2.12 bits per heavy atom. The number of aromatic amines is 1. The number of nitrogens with zero attached hydrogens (tertiary/aromatic N) is 1. The van der Waals surface area contributed by atoms with E-state index in [1.54, 1.807) is 12.1 Å². The van der Waals surface area contributed by atoms with Crippen molar-refractivity contribution in [1.82, 2.24) is 9.97 Å². The van der Waals surface area contributed by atoms with Gasteiger partial charge in [0, 0.05) is 0 Å². The number of halogens is 2. The summed E-state index contributed by atoms with van der Waals surface area (Å²) in [7, 11) is 0. The smallest absolute Gasteiger partial charge is 0.329 e. The van der Waals surface area contributed by atoms with E-state index in [9.17, 15) is 4.79 Å². The summed E-state index contributed by atoms with van der Waals surface area (Å²) in [5, 5.41) is 9.26. The molecular weight excluding hydrogens is 267 g/mol. The lowest BCUT2D eigenvalue weighted by Crippen LogP contribution is -2.07. The molecule has 2 N–H and O–H groups in total. The number of rotatable bonds is 4. The number of ether oxygens (including phenoxy) is 1. The van der Waals surface area contributed by atoms with Crippen LogP contribution in [0.4, 0.5) is 0 Å². The number of imidazole rings is 1. The first-order chi connectivity index (χ1) is 8.06. The second-order valence-corrected chi connectivity index (χ2v) is 4.17. The van der Waals surface area contributed by atoms with Crippen LogP contribution in [0, 0.1) is 0 Å². The van der Waals surface area contributed by atoms with Crippen molar-refractivity contribution >= 4 is 40.2 Å². The highest BCUT2D eigenvalue weighted by Gasteiger charge is 2.07. The van der Waals surface area contributed by atoms with Crippen LogP contribution in [0.2, 0.25) is 10.0 Å². The first-order valence-corrected chi connectivity index (χ1v) is 5.45. The van der Waals surface area contributed by atoms with Crippen LogP contribution >= 0.6 is 23.2 Å². The third-order valence-corrected chi connectivity index (χ3v) is 2.76. The van der Waals surface area contributed by atoms with Gasteiger partial charge in [-0.2, -0.15) is 0 Å². The van der Waals surface area contributed by atoms with Gasteiger partial charge in [0.1, 0.15) is 19.0 Å². The van der Waals surface area contributed by atoms with E-state index < -0.39 is 5.97 Å². The molecule has 0 atom stereocenters. The number of aliphatic carboxylic acids is 1. The quantitative estimate of drug-likeness (QED) is 0.898. The average molecular weight is 275 g/mol. The third-order valence-electron chi connectivity index (χ3n) is 2.04. The van der Waals surface area contributed by atoms with Gasteiger partial charge in [0.2, 0.25) is 0 Å². The van der Waals surface area contributed by atoms with Crippen molar-refractivity contribution in [3.05, 3.63) is 28.0 Å². The number of benzene rings is 1. The van der Waals surface area contributed by atoms with E-state index in [-0.39, 0.29) is 13.2 Å². The topological polar surface area (TPSA) is 75.2 Å². The lowest BCUT2D eigenvalue weighted by atomic mass is 10.3. The largest absolute Gasteiger partial charge is 0.480 e. The molecule has 0 saturated carbocycles. The van der Waals surface area contributed by atoms with Crippen molar-refractivity contribution in [1.29, 1.82) is 0 Å². The van der Waals surface area contributed by atoms with Gasteiger partial charge in [-0.3, -0.25) is 0 Å². The fourth-order valence-corrected chi connectivity index (χ4v) is 1.68. The fourth-order valence-electron chi connectivity index (χ4n) is 1.36. The summed E-state index contributed by atoms with van der Waals surface area (Å²) in [6.45, 7) is -0.269. The Hall–Kier alpha value is -1.30. The van der Waals surface area contributed by atoms with Gasteiger partial charge in [-0.25, -0.2) is 9.78 Å². The summed E-state index contributed by atoms with van der Waals surface area (Å²) >= 11 is 11.7. The van der Waals surface area contributed by atoms with Gasteiger partial charge >= 0.3 is 5.97 Å². The van der Waals surface area contributed by atoms with Crippen LogP contribution in [0.5, 0.6) is 0 Å². The fraction of sp³-hybridized carbons (Fsp3) is 0.200. The van der Waals surface area contributed by atoms with Gasteiger partial charge in [0.05, 0.1) is 21.1 Å². The highest BCUT2D eigenvalue weighted by Crippen LogP contribution is 2.26. The molecule has 0 unspecified atom stereocenters. The maximum atomic E-state index is 10.3. The van der Waals surface area contributed by atoms with Crippen molar-refractivity contribution in [2.24, 2.45) is 0 Å². The van der Waals surface area contributed by atoms with Gasteiger partial charge in [-0.05, 0) is 12.1 Å². The molecule has 5 nitrogen and oxygen atoms in total. The number of hydrogen-bond acceptors (Lipinski definition) is 3. The first-order valence-electron chi connectivity index (χ1n) is 4.69. The highest BCUT2D eigenvalue weighted by molar-refractivity contribution is 6.42. The summed E-state index contributed by atoms with van der Waals surface area (Å²) in [6, 6.07) is 3.29. The van der Waals surface area contributed by atoms with Gasteiger partial charge in [-0.15, -0.1) is 0 Å². The van der Waals surface area contributed by atoms with E-state index in [1.165, 1.54) is 0 Å². The van der Waals surface area contributed by atoms with Crippen LogP contribution in [-0.2, 0) is 16.1 Å². The van der Waals surface area contributed by atoms with Gasteiger partial charge in [0.25, 0.3) is 0 Å². The number of aromatic nitrogens is 2. The minimum atomic E-state index is -1.02. The molecule has 0 amide bonds. The molecule has 1 aromatic carbocycles. The molecule has 7 heteroatoms. The zero-order valence-electron chi connectivity index (χ0n) is 8.54. The van der Waals surface area contributed by atoms with E-state index in [1.807, 2.05) is 0 Å². The molecule has 0 fully saturated rings. The Bertz CT molecular complexity index is 529. The zero-order chi connectivity index (χ0) is 12.4. The van der Waals surface area contributed by atoms with Gasteiger partial charge in [-0.1, -0.05) is 23.2 Å². The van der Waals surface area contributed by atoms with Crippen LogP contribution in [0.15, 0.2) is 12.1 Å². The van der Waals surface area contributed by atoms with E-state index in [2.05, 4.69) is 9.97 Å². The van der Waals surface area contributed by atoms with Gasteiger partial charge < -0.3 is 14.8 Å². The van der Waals surface area contributed by atoms with Crippen molar-refractivity contribution in [3.8, 4) is 0 Å². The van der Waals surface area contributed by atoms with E-state index in [0.717, 1.165) is 5.52 Å². The SMILES string of the molecule is O=C(O)COCc1nc2cc(Cl)c(Cl)cc2[nH]1. The van der Waals surface area contributed by atoms with Crippen LogP contribution in [0.25, 0.3) is 11.0 Å². The predicted molar refractivity (Wildman–Crippen MR) is 63.4 cm³/mol.